The fourth-order valence-electron chi connectivity index (χ4n) is 2.49. The molecule has 0 aliphatic carbocycles. The summed E-state index contributed by atoms with van der Waals surface area (Å²) in [5.41, 5.74) is 2.66. The van der Waals surface area contributed by atoms with Crippen molar-refractivity contribution in [3.05, 3.63) is 83.7 Å². The van der Waals surface area contributed by atoms with Gasteiger partial charge in [-0.05, 0) is 17.0 Å². The predicted octanol–water partition coefficient (Wildman–Crippen LogP) is 2.86. The normalized spacial score (nSPS) is 11.9. The molecule has 24 heavy (non-hydrogen) atoms. The summed E-state index contributed by atoms with van der Waals surface area (Å²) < 4.78 is 1.67. The number of amides is 1. The molecule has 0 saturated heterocycles. The SMILES string of the molecule is C[C@@H](CNC(=O)c1cn(Cc2ccccc2)nn1)c1ccccc1. The first kappa shape index (κ1) is 15.9. The molecule has 1 atom stereocenters. The Morgan fingerprint density at radius 2 is 1.75 bits per heavy atom. The Bertz CT molecular complexity index is 783. The van der Waals surface area contributed by atoms with Crippen molar-refractivity contribution in [2.45, 2.75) is 19.4 Å². The number of rotatable bonds is 6. The third-order valence-electron chi connectivity index (χ3n) is 3.90. The summed E-state index contributed by atoms with van der Waals surface area (Å²) in [4.78, 5) is 12.2. The minimum absolute atomic E-state index is 0.197. The maximum Gasteiger partial charge on any atom is 0.273 e. The van der Waals surface area contributed by atoms with Crippen molar-refractivity contribution in [1.82, 2.24) is 20.3 Å². The van der Waals surface area contributed by atoms with E-state index in [2.05, 4.69) is 34.7 Å². The van der Waals surface area contributed by atoms with E-state index in [1.165, 1.54) is 5.56 Å². The smallest absolute Gasteiger partial charge is 0.273 e. The lowest BCUT2D eigenvalue weighted by Gasteiger charge is -2.12. The van der Waals surface area contributed by atoms with Gasteiger partial charge in [0.15, 0.2) is 5.69 Å². The number of benzene rings is 2. The van der Waals surface area contributed by atoms with E-state index in [4.69, 9.17) is 0 Å². The number of hydrogen-bond acceptors (Lipinski definition) is 3. The van der Waals surface area contributed by atoms with E-state index in [0.29, 0.717) is 18.8 Å². The van der Waals surface area contributed by atoms with Crippen molar-refractivity contribution in [3.63, 3.8) is 0 Å². The van der Waals surface area contributed by atoms with Gasteiger partial charge in [0.2, 0.25) is 0 Å². The molecular formula is C19H20N4O. The lowest BCUT2D eigenvalue weighted by molar-refractivity contribution is 0.0946. The van der Waals surface area contributed by atoms with Gasteiger partial charge in [0.05, 0.1) is 12.7 Å². The average Bonchev–Trinajstić information content (AvgIpc) is 3.09. The zero-order valence-electron chi connectivity index (χ0n) is 13.6. The topological polar surface area (TPSA) is 59.8 Å². The van der Waals surface area contributed by atoms with Crippen LogP contribution >= 0.6 is 0 Å². The van der Waals surface area contributed by atoms with E-state index in [0.717, 1.165) is 5.56 Å². The number of aromatic nitrogens is 3. The fourth-order valence-corrected chi connectivity index (χ4v) is 2.49. The van der Waals surface area contributed by atoms with Crippen molar-refractivity contribution in [3.8, 4) is 0 Å². The first-order valence-corrected chi connectivity index (χ1v) is 7.99. The van der Waals surface area contributed by atoms with E-state index in [-0.39, 0.29) is 11.8 Å². The molecule has 0 radical (unpaired) electrons. The predicted molar refractivity (Wildman–Crippen MR) is 92.8 cm³/mol. The molecule has 5 heteroatoms. The largest absolute Gasteiger partial charge is 0.350 e. The molecule has 0 aliphatic heterocycles. The van der Waals surface area contributed by atoms with Crippen LogP contribution in [0.2, 0.25) is 0 Å². The Hall–Kier alpha value is -2.95. The van der Waals surface area contributed by atoms with E-state index < -0.39 is 0 Å². The van der Waals surface area contributed by atoms with Crippen LogP contribution in [0.25, 0.3) is 0 Å². The van der Waals surface area contributed by atoms with Crippen LogP contribution in [0.4, 0.5) is 0 Å². The van der Waals surface area contributed by atoms with Gasteiger partial charge in [-0.1, -0.05) is 72.8 Å². The Morgan fingerprint density at radius 1 is 1.08 bits per heavy atom. The summed E-state index contributed by atoms with van der Waals surface area (Å²) in [5.74, 6) is 0.0478. The van der Waals surface area contributed by atoms with Crippen LogP contribution in [0.5, 0.6) is 0 Å². The lowest BCUT2D eigenvalue weighted by atomic mass is 10.0. The number of nitrogens with one attached hydrogen (secondary N) is 1. The van der Waals surface area contributed by atoms with Gasteiger partial charge < -0.3 is 5.32 Å². The quantitative estimate of drug-likeness (QED) is 0.760. The van der Waals surface area contributed by atoms with Gasteiger partial charge in [0.25, 0.3) is 5.91 Å². The van der Waals surface area contributed by atoms with Gasteiger partial charge in [-0.15, -0.1) is 5.10 Å². The molecule has 1 heterocycles. The minimum Gasteiger partial charge on any atom is -0.350 e. The van der Waals surface area contributed by atoms with Gasteiger partial charge in [-0.2, -0.15) is 0 Å². The molecule has 0 fully saturated rings. The third-order valence-corrected chi connectivity index (χ3v) is 3.90. The average molecular weight is 320 g/mol. The standard InChI is InChI=1S/C19H20N4O/c1-15(17-10-6-3-7-11-17)12-20-19(24)18-14-23(22-21-18)13-16-8-4-2-5-9-16/h2-11,14-15H,12-13H2,1H3,(H,20,24)/t15-/m0/s1. The monoisotopic (exact) mass is 320 g/mol. The summed E-state index contributed by atoms with van der Waals surface area (Å²) in [6, 6.07) is 20.1. The second-order valence-corrected chi connectivity index (χ2v) is 5.81. The molecule has 0 aliphatic rings. The molecule has 122 valence electrons. The zero-order valence-corrected chi connectivity index (χ0v) is 13.6. The molecule has 1 amide bonds. The highest BCUT2D eigenvalue weighted by molar-refractivity contribution is 5.91. The summed E-state index contributed by atoms with van der Waals surface area (Å²) in [6.07, 6.45) is 1.68. The van der Waals surface area contributed by atoms with Crippen LogP contribution in [-0.2, 0) is 6.54 Å². The molecule has 0 unspecified atom stereocenters. The number of nitrogens with zero attached hydrogens (tertiary/aromatic N) is 3. The van der Waals surface area contributed by atoms with E-state index in [9.17, 15) is 4.79 Å². The Kier molecular flexibility index (Phi) is 5.01. The van der Waals surface area contributed by atoms with Crippen LogP contribution in [0, 0.1) is 0 Å². The molecule has 2 aromatic carbocycles. The summed E-state index contributed by atoms with van der Waals surface area (Å²) >= 11 is 0. The molecule has 1 aromatic heterocycles. The second-order valence-electron chi connectivity index (χ2n) is 5.81. The molecule has 0 bridgehead atoms. The van der Waals surface area contributed by atoms with E-state index >= 15 is 0 Å². The molecular weight excluding hydrogens is 300 g/mol. The van der Waals surface area contributed by atoms with Crippen LogP contribution in [-0.4, -0.2) is 27.4 Å². The van der Waals surface area contributed by atoms with E-state index in [1.54, 1.807) is 10.9 Å². The molecule has 3 rings (SSSR count). The Labute approximate surface area is 141 Å². The highest BCUT2D eigenvalue weighted by Crippen LogP contribution is 2.13. The van der Waals surface area contributed by atoms with Gasteiger partial charge in [-0.25, -0.2) is 4.68 Å². The van der Waals surface area contributed by atoms with E-state index in [1.807, 2.05) is 48.5 Å². The van der Waals surface area contributed by atoms with Crippen molar-refractivity contribution in [1.29, 1.82) is 0 Å². The maximum absolute atomic E-state index is 12.2. The summed E-state index contributed by atoms with van der Waals surface area (Å²) in [5, 5.41) is 10.9. The lowest BCUT2D eigenvalue weighted by Crippen LogP contribution is -2.27. The van der Waals surface area contributed by atoms with Crippen LogP contribution in [0.3, 0.4) is 0 Å². The van der Waals surface area contributed by atoms with Crippen molar-refractivity contribution < 1.29 is 4.79 Å². The Morgan fingerprint density at radius 3 is 2.46 bits per heavy atom. The third kappa shape index (κ3) is 4.07. The summed E-state index contributed by atoms with van der Waals surface area (Å²) in [7, 11) is 0. The number of carbonyl (C=O) groups excluding carboxylic acids is 1. The van der Waals surface area contributed by atoms with Crippen LogP contribution < -0.4 is 5.32 Å². The van der Waals surface area contributed by atoms with Crippen LogP contribution in [0.1, 0.15) is 34.5 Å². The van der Waals surface area contributed by atoms with Crippen molar-refractivity contribution >= 4 is 5.91 Å². The number of hydrogen-bond donors (Lipinski definition) is 1. The first-order valence-electron chi connectivity index (χ1n) is 7.99. The maximum atomic E-state index is 12.2. The highest BCUT2D eigenvalue weighted by atomic mass is 16.2. The van der Waals surface area contributed by atoms with Gasteiger partial charge >= 0.3 is 0 Å². The molecule has 5 nitrogen and oxygen atoms in total. The highest BCUT2D eigenvalue weighted by Gasteiger charge is 2.12. The summed E-state index contributed by atoms with van der Waals surface area (Å²) in [6.45, 7) is 3.25. The van der Waals surface area contributed by atoms with Crippen molar-refractivity contribution in [2.24, 2.45) is 0 Å². The molecule has 0 saturated carbocycles. The van der Waals surface area contributed by atoms with Gasteiger partial charge in [0.1, 0.15) is 0 Å². The Balaban J connectivity index is 1.56. The minimum atomic E-state index is -0.197. The van der Waals surface area contributed by atoms with Crippen LogP contribution in [0.15, 0.2) is 66.9 Å². The number of carbonyl (C=O) groups is 1. The first-order chi connectivity index (χ1) is 11.7. The molecule has 1 N–H and O–H groups in total. The molecule has 3 aromatic rings. The van der Waals surface area contributed by atoms with Gasteiger partial charge in [0, 0.05) is 6.54 Å². The fraction of sp³-hybridized carbons (Fsp3) is 0.211. The zero-order chi connectivity index (χ0) is 16.8. The molecule has 0 spiro atoms. The second kappa shape index (κ2) is 7.55. The van der Waals surface area contributed by atoms with Gasteiger partial charge in [-0.3, -0.25) is 4.79 Å². The van der Waals surface area contributed by atoms with Crippen molar-refractivity contribution in [2.75, 3.05) is 6.54 Å².